The molecular weight excluding hydrogens is 366 g/mol. The molecule has 0 unspecified atom stereocenters. The van der Waals surface area contributed by atoms with Gasteiger partial charge in [0.05, 0.1) is 19.8 Å². The smallest absolute Gasteiger partial charge is 0.279 e. The predicted molar refractivity (Wildman–Crippen MR) is 105 cm³/mol. The highest BCUT2D eigenvalue weighted by molar-refractivity contribution is 7.99. The number of aromatic nitrogens is 2. The zero-order chi connectivity index (χ0) is 19.6. The fraction of sp³-hybridized carbons (Fsp3) is 0.316. The van der Waals surface area contributed by atoms with Crippen LogP contribution in [0.25, 0.3) is 0 Å². The fourth-order valence-corrected chi connectivity index (χ4v) is 3.87. The Balaban J connectivity index is 2.20. The van der Waals surface area contributed by atoms with Gasteiger partial charge in [0, 0.05) is 30.7 Å². The van der Waals surface area contributed by atoms with E-state index in [4.69, 9.17) is 9.47 Å². The van der Waals surface area contributed by atoms with Crippen molar-refractivity contribution in [3.63, 3.8) is 0 Å². The fourth-order valence-electron chi connectivity index (χ4n) is 3.18. The van der Waals surface area contributed by atoms with E-state index in [0.29, 0.717) is 33.8 Å². The summed E-state index contributed by atoms with van der Waals surface area (Å²) in [5, 5.41) is 3.35. The van der Waals surface area contributed by atoms with Crippen LogP contribution in [-0.4, -0.2) is 35.4 Å². The molecule has 2 heterocycles. The molecule has 2 aromatic rings. The first kappa shape index (κ1) is 19.0. The molecular formula is C19H21N3O4S. The van der Waals surface area contributed by atoms with Gasteiger partial charge in [0.25, 0.3) is 5.56 Å². The molecule has 0 aliphatic carbocycles. The van der Waals surface area contributed by atoms with Crippen LogP contribution in [0.15, 0.2) is 40.8 Å². The summed E-state index contributed by atoms with van der Waals surface area (Å²) in [5.74, 6) is 1.66. The summed E-state index contributed by atoms with van der Waals surface area (Å²) in [6, 6.07) is 5.34. The molecule has 1 amide bonds. The quantitative estimate of drug-likeness (QED) is 0.466. The highest BCUT2D eigenvalue weighted by Gasteiger charge is 2.33. The molecule has 0 spiro atoms. The molecule has 8 heteroatoms. The molecule has 0 radical (unpaired) electrons. The lowest BCUT2D eigenvalue weighted by atomic mass is 9.86. The summed E-state index contributed by atoms with van der Waals surface area (Å²) in [5.41, 5.74) is 0.814. The lowest BCUT2D eigenvalue weighted by Crippen LogP contribution is -2.33. The Bertz CT molecular complexity index is 955. The van der Waals surface area contributed by atoms with Crippen molar-refractivity contribution in [2.45, 2.75) is 17.5 Å². The van der Waals surface area contributed by atoms with Gasteiger partial charge in [0.15, 0.2) is 5.16 Å². The molecule has 1 aliphatic rings. The number of benzene rings is 1. The number of rotatable bonds is 6. The SMILES string of the molecule is C=CCSc1nc(=O)c2c(n1C)NC(=O)C[C@H]2c1cc(OC)ccc1OC. The van der Waals surface area contributed by atoms with Crippen molar-refractivity contribution in [3.05, 3.63) is 52.3 Å². The van der Waals surface area contributed by atoms with E-state index in [0.717, 1.165) is 5.56 Å². The minimum Gasteiger partial charge on any atom is -0.497 e. The summed E-state index contributed by atoms with van der Waals surface area (Å²) in [4.78, 5) is 29.5. The Morgan fingerprint density at radius 2 is 2.15 bits per heavy atom. The van der Waals surface area contributed by atoms with E-state index in [9.17, 15) is 9.59 Å². The Morgan fingerprint density at radius 3 is 2.81 bits per heavy atom. The van der Waals surface area contributed by atoms with Crippen LogP contribution in [0.5, 0.6) is 11.5 Å². The van der Waals surface area contributed by atoms with Crippen LogP contribution < -0.4 is 20.3 Å². The number of carbonyl (C=O) groups excluding carboxylic acids is 1. The molecule has 0 saturated carbocycles. The normalized spacial score (nSPS) is 15.7. The second kappa shape index (κ2) is 7.87. The Morgan fingerprint density at radius 1 is 1.37 bits per heavy atom. The number of methoxy groups -OCH3 is 2. The second-order valence-electron chi connectivity index (χ2n) is 6.03. The third kappa shape index (κ3) is 3.57. The largest absolute Gasteiger partial charge is 0.497 e. The third-order valence-corrected chi connectivity index (χ3v) is 5.47. The minimum absolute atomic E-state index is 0.132. The van der Waals surface area contributed by atoms with Crippen molar-refractivity contribution in [3.8, 4) is 11.5 Å². The van der Waals surface area contributed by atoms with E-state index >= 15 is 0 Å². The summed E-state index contributed by atoms with van der Waals surface area (Å²) in [6.45, 7) is 3.68. The van der Waals surface area contributed by atoms with Crippen molar-refractivity contribution >= 4 is 23.5 Å². The van der Waals surface area contributed by atoms with Crippen molar-refractivity contribution < 1.29 is 14.3 Å². The molecule has 1 aromatic heterocycles. The van der Waals surface area contributed by atoms with Crippen LogP contribution in [0, 0.1) is 0 Å². The molecule has 1 aromatic carbocycles. The van der Waals surface area contributed by atoms with Gasteiger partial charge in [-0.2, -0.15) is 4.98 Å². The number of anilines is 1. The van der Waals surface area contributed by atoms with E-state index in [1.807, 2.05) is 0 Å². The van der Waals surface area contributed by atoms with Crippen molar-refractivity contribution in [2.24, 2.45) is 7.05 Å². The lowest BCUT2D eigenvalue weighted by molar-refractivity contribution is -0.116. The average molecular weight is 387 g/mol. The van der Waals surface area contributed by atoms with E-state index in [-0.39, 0.29) is 17.9 Å². The van der Waals surface area contributed by atoms with Gasteiger partial charge in [-0.25, -0.2) is 0 Å². The monoisotopic (exact) mass is 387 g/mol. The molecule has 0 fully saturated rings. The molecule has 1 N–H and O–H groups in total. The second-order valence-corrected chi connectivity index (χ2v) is 7.02. The third-order valence-electron chi connectivity index (χ3n) is 4.44. The standard InChI is InChI=1S/C19H21N3O4S/c1-5-8-27-19-21-18(24)16-13(10-15(23)20-17(16)22(19)2)12-9-11(25-3)6-7-14(12)26-4/h5-7,9,13H,1,8,10H2,2-4H3,(H,20,23)/t13-/m0/s1. The van der Waals surface area contributed by atoms with Crippen molar-refractivity contribution in [1.82, 2.24) is 9.55 Å². The first-order chi connectivity index (χ1) is 13.0. The average Bonchev–Trinajstić information content (AvgIpc) is 2.68. The highest BCUT2D eigenvalue weighted by Crippen LogP contribution is 2.40. The van der Waals surface area contributed by atoms with Crippen LogP contribution in [0.3, 0.4) is 0 Å². The maximum atomic E-state index is 12.9. The molecule has 1 aliphatic heterocycles. The van der Waals surface area contributed by atoms with Crippen molar-refractivity contribution in [2.75, 3.05) is 25.3 Å². The summed E-state index contributed by atoms with van der Waals surface area (Å²) in [7, 11) is 4.90. The number of hydrogen-bond acceptors (Lipinski definition) is 6. The summed E-state index contributed by atoms with van der Waals surface area (Å²) < 4.78 is 12.5. The van der Waals surface area contributed by atoms with Gasteiger partial charge in [0.1, 0.15) is 17.3 Å². The van der Waals surface area contributed by atoms with Crippen molar-refractivity contribution in [1.29, 1.82) is 0 Å². The van der Waals surface area contributed by atoms with E-state index in [1.54, 1.807) is 50.1 Å². The Kier molecular flexibility index (Phi) is 5.55. The topological polar surface area (TPSA) is 82.5 Å². The maximum absolute atomic E-state index is 12.9. The maximum Gasteiger partial charge on any atom is 0.279 e. The number of nitrogens with one attached hydrogen (secondary N) is 1. The van der Waals surface area contributed by atoms with Crippen LogP contribution in [-0.2, 0) is 11.8 Å². The molecule has 7 nitrogen and oxygen atoms in total. The summed E-state index contributed by atoms with van der Waals surface area (Å²) in [6.07, 6.45) is 1.87. The molecule has 1 atom stereocenters. The zero-order valence-electron chi connectivity index (χ0n) is 15.4. The van der Waals surface area contributed by atoms with Crippen LogP contribution in [0.4, 0.5) is 5.82 Å². The van der Waals surface area contributed by atoms with Crippen LogP contribution >= 0.6 is 11.8 Å². The number of hydrogen-bond donors (Lipinski definition) is 1. The molecule has 27 heavy (non-hydrogen) atoms. The first-order valence-corrected chi connectivity index (χ1v) is 9.35. The van der Waals surface area contributed by atoms with Gasteiger partial charge in [-0.1, -0.05) is 17.8 Å². The number of amides is 1. The number of nitrogens with zero attached hydrogens (tertiary/aromatic N) is 2. The van der Waals surface area contributed by atoms with Gasteiger partial charge < -0.3 is 19.4 Å². The zero-order valence-corrected chi connectivity index (χ0v) is 16.3. The number of carbonyl (C=O) groups is 1. The molecule has 3 rings (SSSR count). The number of thioether (sulfide) groups is 1. The lowest BCUT2D eigenvalue weighted by Gasteiger charge is -2.28. The Labute approximate surface area is 161 Å². The van der Waals surface area contributed by atoms with E-state index in [1.165, 1.54) is 11.8 Å². The van der Waals surface area contributed by atoms with Gasteiger partial charge in [-0.3, -0.25) is 9.59 Å². The van der Waals surface area contributed by atoms with Crippen LogP contribution in [0.1, 0.15) is 23.5 Å². The van der Waals surface area contributed by atoms with Gasteiger partial charge in [-0.05, 0) is 18.2 Å². The van der Waals surface area contributed by atoms with Gasteiger partial charge in [-0.15, -0.1) is 6.58 Å². The van der Waals surface area contributed by atoms with E-state index in [2.05, 4.69) is 16.9 Å². The van der Waals surface area contributed by atoms with Crippen LogP contribution in [0.2, 0.25) is 0 Å². The first-order valence-electron chi connectivity index (χ1n) is 8.36. The Hall–Kier alpha value is -2.74. The van der Waals surface area contributed by atoms with Gasteiger partial charge in [0.2, 0.25) is 5.91 Å². The molecule has 0 bridgehead atoms. The molecule has 0 saturated heterocycles. The molecule has 142 valence electrons. The van der Waals surface area contributed by atoms with Gasteiger partial charge >= 0.3 is 0 Å². The predicted octanol–water partition coefficient (Wildman–Crippen LogP) is 2.55. The van der Waals surface area contributed by atoms with E-state index < -0.39 is 5.92 Å². The highest BCUT2D eigenvalue weighted by atomic mass is 32.2. The minimum atomic E-state index is -0.469. The summed E-state index contributed by atoms with van der Waals surface area (Å²) >= 11 is 1.38. The number of ether oxygens (including phenoxy) is 2. The number of fused-ring (bicyclic) bond motifs is 1.